The van der Waals surface area contributed by atoms with Crippen molar-refractivity contribution < 1.29 is 14.4 Å². The Morgan fingerprint density at radius 3 is 2.29 bits per heavy atom. The Morgan fingerprint density at radius 2 is 1.62 bits per heavy atom. The lowest BCUT2D eigenvalue weighted by atomic mass is 9.35. The van der Waals surface area contributed by atoms with Gasteiger partial charge in [-0.1, -0.05) is 64.5 Å². The van der Waals surface area contributed by atoms with Gasteiger partial charge in [0.25, 0.3) is 5.91 Å². The fraction of sp³-hybridized carbons (Fsp3) is 0.622. The summed E-state index contributed by atoms with van der Waals surface area (Å²) in [6, 6.07) is 11.7. The zero-order chi connectivity index (χ0) is 29.9. The number of hydrogen-bond acceptors (Lipinski definition) is 4. The molecule has 0 unspecified atom stereocenters. The maximum atomic E-state index is 14.7. The number of hydrogen-bond donors (Lipinski definition) is 1. The molecule has 5 nitrogen and oxygen atoms in total. The molecule has 7 atom stereocenters. The Bertz CT molecular complexity index is 1510. The van der Waals surface area contributed by atoms with Crippen molar-refractivity contribution in [3.05, 3.63) is 59.2 Å². The fourth-order valence-corrected chi connectivity index (χ4v) is 11.1. The number of rotatable bonds is 2. The van der Waals surface area contributed by atoms with Gasteiger partial charge in [-0.25, -0.2) is 0 Å². The van der Waals surface area contributed by atoms with Crippen LogP contribution in [0.4, 0.5) is 0 Å². The number of nitrogens with zero attached hydrogens (tertiary/aromatic N) is 1. The summed E-state index contributed by atoms with van der Waals surface area (Å²) in [6.07, 6.45) is 12.0. The number of allylic oxidation sites excluding steroid dienone is 4. The van der Waals surface area contributed by atoms with Gasteiger partial charge in [-0.05, 0) is 104 Å². The van der Waals surface area contributed by atoms with Crippen molar-refractivity contribution in [1.82, 2.24) is 5.32 Å². The van der Waals surface area contributed by atoms with Gasteiger partial charge < -0.3 is 5.32 Å². The second kappa shape index (κ2) is 8.55. The molecular weight excluding hydrogens is 520 g/mol. The van der Waals surface area contributed by atoms with Crippen LogP contribution in [-0.2, 0) is 9.59 Å². The zero-order valence-corrected chi connectivity index (χ0v) is 25.8. The second-order valence-corrected chi connectivity index (χ2v) is 16.2. The highest BCUT2D eigenvalue weighted by molar-refractivity contribution is 6.06. The van der Waals surface area contributed by atoms with Crippen LogP contribution < -0.4 is 5.32 Å². The highest BCUT2D eigenvalue weighted by Crippen LogP contribution is 2.76. The van der Waals surface area contributed by atoms with Gasteiger partial charge in [-0.2, -0.15) is 5.26 Å². The molecule has 6 aliphatic carbocycles. The Kier molecular flexibility index (Phi) is 5.66. The molecule has 42 heavy (non-hydrogen) atoms. The molecule has 5 heteroatoms. The van der Waals surface area contributed by atoms with E-state index in [-0.39, 0.29) is 57.0 Å². The van der Waals surface area contributed by atoms with E-state index in [1.807, 2.05) is 42.5 Å². The molecule has 0 bridgehead atoms. The van der Waals surface area contributed by atoms with Crippen LogP contribution >= 0.6 is 0 Å². The van der Waals surface area contributed by atoms with E-state index in [1.54, 1.807) is 0 Å². The summed E-state index contributed by atoms with van der Waals surface area (Å²) < 4.78 is 0. The van der Waals surface area contributed by atoms with E-state index in [9.17, 15) is 19.6 Å². The van der Waals surface area contributed by atoms with Crippen molar-refractivity contribution >= 4 is 17.5 Å². The summed E-state index contributed by atoms with van der Waals surface area (Å²) in [5.74, 6) is 0.176. The SMILES string of the molecule is CC1(C)CC[C@]2(NC(=O)c3ccccc3)CC[C@]3(C)[C@H](C(=O)C=C4[C@@]5(C)C=C(C#N)C(=O)C6(CC6)[C@@H]5CC[C@]43C)[C@@H]2C1. The van der Waals surface area contributed by atoms with Crippen LogP contribution in [0.15, 0.2) is 53.6 Å². The average Bonchev–Trinajstić information content (AvgIpc) is 3.74. The Hall–Kier alpha value is -3.00. The van der Waals surface area contributed by atoms with E-state index < -0.39 is 16.4 Å². The normalized spacial score (nSPS) is 42.5. The van der Waals surface area contributed by atoms with Crippen molar-refractivity contribution in [1.29, 1.82) is 5.26 Å². The third kappa shape index (κ3) is 3.44. The summed E-state index contributed by atoms with van der Waals surface area (Å²) in [7, 11) is 0. The molecular formula is C37H44N2O3. The van der Waals surface area contributed by atoms with E-state index in [1.165, 1.54) is 0 Å². The summed E-state index contributed by atoms with van der Waals surface area (Å²) in [6.45, 7) is 11.6. The van der Waals surface area contributed by atoms with Gasteiger partial charge in [0.05, 0.1) is 5.57 Å². The molecule has 220 valence electrons. The van der Waals surface area contributed by atoms with Crippen LogP contribution in [-0.4, -0.2) is 23.0 Å². The van der Waals surface area contributed by atoms with Crippen molar-refractivity contribution in [2.75, 3.05) is 0 Å². The summed E-state index contributed by atoms with van der Waals surface area (Å²) in [5, 5.41) is 13.5. The van der Waals surface area contributed by atoms with Gasteiger partial charge in [0.2, 0.25) is 0 Å². The lowest BCUT2D eigenvalue weighted by Crippen LogP contribution is -2.69. The molecule has 0 heterocycles. The summed E-state index contributed by atoms with van der Waals surface area (Å²) in [5.41, 5.74) is 0.373. The Labute approximate surface area is 250 Å². The molecule has 0 radical (unpaired) electrons. The van der Waals surface area contributed by atoms with E-state index in [4.69, 9.17) is 0 Å². The first kappa shape index (κ1) is 27.8. The predicted molar refractivity (Wildman–Crippen MR) is 161 cm³/mol. The van der Waals surface area contributed by atoms with Crippen LogP contribution in [0.25, 0.3) is 0 Å². The fourth-order valence-electron chi connectivity index (χ4n) is 11.1. The van der Waals surface area contributed by atoms with E-state index in [0.29, 0.717) is 5.56 Å². The molecule has 1 spiro atoms. The van der Waals surface area contributed by atoms with Gasteiger partial charge >= 0.3 is 0 Å². The maximum absolute atomic E-state index is 14.7. The Morgan fingerprint density at radius 1 is 0.929 bits per heavy atom. The van der Waals surface area contributed by atoms with Gasteiger partial charge in [0, 0.05) is 27.9 Å². The van der Waals surface area contributed by atoms with E-state index >= 15 is 0 Å². The van der Waals surface area contributed by atoms with Crippen LogP contribution in [0.1, 0.15) is 103 Å². The van der Waals surface area contributed by atoms with Crippen LogP contribution in [0, 0.1) is 56.2 Å². The largest absolute Gasteiger partial charge is 0.346 e. The smallest absolute Gasteiger partial charge is 0.251 e. The van der Waals surface area contributed by atoms with Crippen LogP contribution in [0.3, 0.4) is 0 Å². The monoisotopic (exact) mass is 564 g/mol. The lowest BCUT2D eigenvalue weighted by Gasteiger charge is -2.69. The topological polar surface area (TPSA) is 87.0 Å². The summed E-state index contributed by atoms with van der Waals surface area (Å²) >= 11 is 0. The van der Waals surface area contributed by atoms with E-state index in [2.05, 4.69) is 46.0 Å². The summed E-state index contributed by atoms with van der Waals surface area (Å²) in [4.78, 5) is 41.6. The molecule has 1 aromatic carbocycles. The van der Waals surface area contributed by atoms with Crippen molar-refractivity contribution in [3.8, 4) is 6.07 Å². The number of carbonyl (C=O) groups is 3. The molecule has 0 aliphatic heterocycles. The van der Waals surface area contributed by atoms with Crippen molar-refractivity contribution in [3.63, 3.8) is 0 Å². The number of fused-ring (bicyclic) bond motifs is 8. The van der Waals surface area contributed by atoms with Gasteiger partial charge in [0.1, 0.15) is 6.07 Å². The highest BCUT2D eigenvalue weighted by atomic mass is 16.2. The Balaban J connectivity index is 1.34. The molecule has 4 fully saturated rings. The molecule has 6 aliphatic rings. The molecule has 1 aromatic rings. The molecule has 7 rings (SSSR count). The number of amides is 1. The minimum atomic E-state index is -0.478. The van der Waals surface area contributed by atoms with Gasteiger partial charge in [-0.3, -0.25) is 14.4 Å². The molecule has 0 saturated heterocycles. The average molecular weight is 565 g/mol. The molecule has 0 aromatic heterocycles. The van der Waals surface area contributed by atoms with Gasteiger partial charge in [0.15, 0.2) is 11.6 Å². The quantitative estimate of drug-likeness (QED) is 0.414. The number of nitriles is 1. The first-order chi connectivity index (χ1) is 19.8. The second-order valence-electron chi connectivity index (χ2n) is 16.2. The number of Topliss-reactive ketones (excluding diaryl/α,β-unsaturated/α-hetero) is 1. The zero-order valence-electron chi connectivity index (χ0n) is 25.8. The van der Waals surface area contributed by atoms with Gasteiger partial charge in [-0.15, -0.1) is 0 Å². The maximum Gasteiger partial charge on any atom is 0.251 e. The highest BCUT2D eigenvalue weighted by Gasteiger charge is 2.72. The first-order valence-corrected chi connectivity index (χ1v) is 16.1. The standard InChI is InChI=1S/C37H44N2O3/c1-32(2)13-17-37(39-31(42)23-9-7-6-8-10-23)18-14-35(5)29(25(37)21-32)26(40)19-28-33(3)20-24(22-38)30(41)36(15-16-36)27(33)11-12-34(28,35)4/h6-10,19-20,25,27,29H,11-18,21H2,1-5H3,(H,39,42)/t25-,27+,29-,33-,34+,35+,37-/m0/s1. The molecule has 4 saturated carbocycles. The van der Waals surface area contributed by atoms with Crippen molar-refractivity contribution in [2.45, 2.75) is 97.9 Å². The molecule has 1 N–H and O–H groups in total. The lowest BCUT2D eigenvalue weighted by molar-refractivity contribution is -0.159. The first-order valence-electron chi connectivity index (χ1n) is 16.1. The third-order valence-corrected chi connectivity index (χ3v) is 13.7. The van der Waals surface area contributed by atoms with Crippen LogP contribution in [0.5, 0.6) is 0 Å². The minimum absolute atomic E-state index is 0.0314. The predicted octanol–water partition coefficient (Wildman–Crippen LogP) is 7.14. The third-order valence-electron chi connectivity index (χ3n) is 13.7. The number of ketones is 2. The number of carbonyl (C=O) groups excluding carboxylic acids is 3. The van der Waals surface area contributed by atoms with E-state index in [0.717, 1.165) is 63.4 Å². The van der Waals surface area contributed by atoms with Crippen molar-refractivity contribution in [2.24, 2.45) is 44.8 Å². The minimum Gasteiger partial charge on any atom is -0.346 e. The number of nitrogens with one attached hydrogen (secondary N) is 1. The number of benzene rings is 1. The van der Waals surface area contributed by atoms with Crippen LogP contribution in [0.2, 0.25) is 0 Å². The molecule has 1 amide bonds.